The van der Waals surface area contributed by atoms with Crippen molar-refractivity contribution in [2.24, 2.45) is 0 Å². The Bertz CT molecular complexity index is 702. The first-order chi connectivity index (χ1) is 10.2. The second-order valence-electron chi connectivity index (χ2n) is 5.06. The molecular weight excluding hydrogens is 264 g/mol. The van der Waals surface area contributed by atoms with E-state index in [-0.39, 0.29) is 6.04 Å². The van der Waals surface area contributed by atoms with Crippen LogP contribution in [0.1, 0.15) is 29.9 Å². The van der Waals surface area contributed by atoms with Crippen LogP contribution in [0.5, 0.6) is 0 Å². The molecule has 5 nitrogen and oxygen atoms in total. The van der Waals surface area contributed by atoms with E-state index in [1.54, 1.807) is 0 Å². The van der Waals surface area contributed by atoms with E-state index >= 15 is 0 Å². The molecule has 1 atom stereocenters. The predicted octanol–water partition coefficient (Wildman–Crippen LogP) is 3.22. The highest BCUT2D eigenvalue weighted by Crippen LogP contribution is 2.23. The summed E-state index contributed by atoms with van der Waals surface area (Å²) in [6.07, 6.45) is 5.45. The van der Waals surface area contributed by atoms with Crippen LogP contribution in [0.15, 0.2) is 47.3 Å². The maximum atomic E-state index is 5.65. The van der Waals surface area contributed by atoms with Crippen LogP contribution in [0, 0.1) is 6.92 Å². The summed E-state index contributed by atoms with van der Waals surface area (Å²) in [6, 6.07) is 8.19. The van der Waals surface area contributed by atoms with Gasteiger partial charge in [-0.25, -0.2) is 0 Å². The van der Waals surface area contributed by atoms with Crippen LogP contribution in [-0.2, 0) is 6.54 Å². The molecule has 0 amide bonds. The van der Waals surface area contributed by atoms with Gasteiger partial charge in [-0.3, -0.25) is 10.1 Å². The number of hydrogen-bond acceptors (Lipinski definition) is 4. The lowest BCUT2D eigenvalue weighted by atomic mass is 10.1. The molecule has 2 N–H and O–H groups in total. The highest BCUT2D eigenvalue weighted by atomic mass is 16.3. The highest BCUT2D eigenvalue weighted by Gasteiger charge is 2.12. The Kier molecular flexibility index (Phi) is 3.83. The molecule has 5 heteroatoms. The second kappa shape index (κ2) is 5.93. The molecule has 0 aliphatic carbocycles. The van der Waals surface area contributed by atoms with Crippen molar-refractivity contribution in [1.29, 1.82) is 0 Å². The molecule has 21 heavy (non-hydrogen) atoms. The smallest absolute Gasteiger partial charge is 0.152 e. The fraction of sp³-hybridized carbons (Fsp3) is 0.250. The summed E-state index contributed by atoms with van der Waals surface area (Å²) < 4.78 is 5.65. The van der Waals surface area contributed by atoms with Gasteiger partial charge in [0.05, 0.1) is 6.20 Å². The number of aromatic nitrogens is 3. The zero-order valence-electron chi connectivity index (χ0n) is 12.1. The number of hydrogen-bond donors (Lipinski definition) is 2. The minimum absolute atomic E-state index is 0.245. The molecule has 0 saturated carbocycles. The topological polar surface area (TPSA) is 66.7 Å². The Balaban J connectivity index is 1.71. The lowest BCUT2D eigenvalue weighted by Gasteiger charge is -2.13. The minimum Gasteiger partial charge on any atom is -0.460 e. The average Bonchev–Trinajstić information content (AvgIpc) is 3.14. The molecule has 0 aromatic carbocycles. The number of aromatic amines is 1. The maximum absolute atomic E-state index is 5.65. The van der Waals surface area contributed by atoms with Crippen molar-refractivity contribution < 1.29 is 4.42 Å². The number of nitrogens with zero attached hydrogens (tertiary/aromatic N) is 2. The van der Waals surface area contributed by atoms with Gasteiger partial charge < -0.3 is 9.73 Å². The third kappa shape index (κ3) is 3.03. The lowest BCUT2D eigenvalue weighted by Crippen LogP contribution is -2.18. The molecule has 108 valence electrons. The van der Waals surface area contributed by atoms with Crippen molar-refractivity contribution in [1.82, 2.24) is 20.5 Å². The molecule has 3 rings (SSSR count). The number of H-pyrrole nitrogens is 1. The zero-order chi connectivity index (χ0) is 14.7. The summed E-state index contributed by atoms with van der Waals surface area (Å²) in [5.74, 6) is 1.71. The van der Waals surface area contributed by atoms with Gasteiger partial charge in [0.25, 0.3) is 0 Å². The van der Waals surface area contributed by atoms with Gasteiger partial charge in [0, 0.05) is 30.5 Å². The van der Waals surface area contributed by atoms with Crippen LogP contribution in [0.25, 0.3) is 11.5 Å². The summed E-state index contributed by atoms with van der Waals surface area (Å²) in [5, 5.41) is 10.6. The quantitative estimate of drug-likeness (QED) is 0.754. The van der Waals surface area contributed by atoms with Gasteiger partial charge in [0.2, 0.25) is 0 Å². The Morgan fingerprint density at radius 2 is 2.05 bits per heavy atom. The standard InChI is InChI=1S/C16H18N4O/c1-11-3-4-15(21-11)16-14(10-19-20-16)9-18-12(2)13-5-7-17-8-6-13/h3-8,10,12,18H,9H2,1-2H3,(H,19,20)/t12-/m1/s1. The fourth-order valence-corrected chi connectivity index (χ4v) is 2.26. The Labute approximate surface area is 123 Å². The van der Waals surface area contributed by atoms with Gasteiger partial charge in [-0.2, -0.15) is 5.10 Å². The van der Waals surface area contributed by atoms with Gasteiger partial charge in [-0.15, -0.1) is 0 Å². The largest absolute Gasteiger partial charge is 0.460 e. The van der Waals surface area contributed by atoms with Crippen LogP contribution in [0.3, 0.4) is 0 Å². The van der Waals surface area contributed by atoms with E-state index in [1.165, 1.54) is 5.56 Å². The van der Waals surface area contributed by atoms with Crippen molar-refractivity contribution in [3.05, 3.63) is 59.7 Å². The molecule has 3 aromatic heterocycles. The molecule has 0 unspecified atom stereocenters. The Hall–Kier alpha value is -2.40. The summed E-state index contributed by atoms with van der Waals surface area (Å²) in [4.78, 5) is 4.04. The van der Waals surface area contributed by atoms with E-state index in [0.717, 1.165) is 29.3 Å². The summed E-state index contributed by atoms with van der Waals surface area (Å²) in [6.45, 7) is 4.78. The lowest BCUT2D eigenvalue weighted by molar-refractivity contribution is 0.542. The molecule has 3 heterocycles. The molecule has 0 saturated heterocycles. The molecule has 0 fully saturated rings. The van der Waals surface area contributed by atoms with Crippen molar-refractivity contribution in [3.8, 4) is 11.5 Å². The Morgan fingerprint density at radius 3 is 2.76 bits per heavy atom. The van der Waals surface area contributed by atoms with E-state index in [2.05, 4.69) is 27.4 Å². The molecule has 3 aromatic rings. The number of furan rings is 1. The molecule has 0 spiro atoms. The maximum Gasteiger partial charge on any atom is 0.152 e. The van der Waals surface area contributed by atoms with Gasteiger partial charge in [0.15, 0.2) is 5.76 Å². The third-order valence-corrected chi connectivity index (χ3v) is 3.51. The number of nitrogens with one attached hydrogen (secondary N) is 2. The predicted molar refractivity (Wildman–Crippen MR) is 80.5 cm³/mol. The van der Waals surface area contributed by atoms with E-state index in [1.807, 2.05) is 49.8 Å². The summed E-state index contributed by atoms with van der Waals surface area (Å²) in [5.41, 5.74) is 3.23. The van der Waals surface area contributed by atoms with E-state index in [9.17, 15) is 0 Å². The third-order valence-electron chi connectivity index (χ3n) is 3.51. The number of rotatable bonds is 5. The van der Waals surface area contributed by atoms with Crippen LogP contribution in [0.4, 0.5) is 0 Å². The van der Waals surface area contributed by atoms with Crippen LogP contribution < -0.4 is 5.32 Å². The van der Waals surface area contributed by atoms with Gasteiger partial charge in [-0.1, -0.05) is 0 Å². The van der Waals surface area contributed by atoms with E-state index < -0.39 is 0 Å². The molecule has 0 aliphatic heterocycles. The van der Waals surface area contributed by atoms with Crippen LogP contribution in [0.2, 0.25) is 0 Å². The molecular formula is C16H18N4O. The molecule has 0 aliphatic rings. The first-order valence-corrected chi connectivity index (χ1v) is 6.96. The number of aryl methyl sites for hydroxylation is 1. The molecule has 0 bridgehead atoms. The first kappa shape index (κ1) is 13.6. The van der Waals surface area contributed by atoms with Crippen LogP contribution >= 0.6 is 0 Å². The highest BCUT2D eigenvalue weighted by molar-refractivity contribution is 5.56. The normalized spacial score (nSPS) is 12.5. The fourth-order valence-electron chi connectivity index (χ4n) is 2.26. The van der Waals surface area contributed by atoms with Gasteiger partial charge in [-0.05, 0) is 43.7 Å². The molecule has 0 radical (unpaired) electrons. The Morgan fingerprint density at radius 1 is 1.24 bits per heavy atom. The van der Waals surface area contributed by atoms with Crippen molar-refractivity contribution in [2.75, 3.05) is 0 Å². The van der Waals surface area contributed by atoms with Crippen LogP contribution in [-0.4, -0.2) is 15.2 Å². The van der Waals surface area contributed by atoms with Crippen molar-refractivity contribution in [3.63, 3.8) is 0 Å². The summed E-state index contributed by atoms with van der Waals surface area (Å²) in [7, 11) is 0. The first-order valence-electron chi connectivity index (χ1n) is 6.96. The number of pyridine rings is 1. The second-order valence-corrected chi connectivity index (χ2v) is 5.06. The van der Waals surface area contributed by atoms with Gasteiger partial charge >= 0.3 is 0 Å². The average molecular weight is 282 g/mol. The SMILES string of the molecule is Cc1ccc(-c2[nH]ncc2CN[C@H](C)c2ccncc2)o1. The van der Waals surface area contributed by atoms with Crippen molar-refractivity contribution >= 4 is 0 Å². The minimum atomic E-state index is 0.245. The summed E-state index contributed by atoms with van der Waals surface area (Å²) >= 11 is 0. The zero-order valence-corrected chi connectivity index (χ0v) is 12.1. The monoisotopic (exact) mass is 282 g/mol. The van der Waals surface area contributed by atoms with E-state index in [4.69, 9.17) is 4.42 Å². The van der Waals surface area contributed by atoms with Gasteiger partial charge in [0.1, 0.15) is 11.5 Å². The van der Waals surface area contributed by atoms with E-state index in [0.29, 0.717) is 0 Å². The van der Waals surface area contributed by atoms with Crippen molar-refractivity contribution in [2.45, 2.75) is 26.4 Å².